The lowest BCUT2D eigenvalue weighted by Gasteiger charge is -2.06. The van der Waals surface area contributed by atoms with Crippen molar-refractivity contribution in [2.24, 2.45) is 7.05 Å². The highest BCUT2D eigenvalue weighted by atomic mass is 35.5. The van der Waals surface area contributed by atoms with Crippen LogP contribution in [-0.4, -0.2) is 38.7 Å². The van der Waals surface area contributed by atoms with Gasteiger partial charge in [-0.2, -0.15) is 5.10 Å². The summed E-state index contributed by atoms with van der Waals surface area (Å²) in [4.78, 5) is 36.7. The Morgan fingerprint density at radius 3 is 2.66 bits per heavy atom. The van der Waals surface area contributed by atoms with Gasteiger partial charge in [0.15, 0.2) is 18.1 Å². The highest BCUT2D eigenvalue weighted by Gasteiger charge is 2.21. The van der Waals surface area contributed by atoms with Crippen LogP contribution in [0.4, 0.5) is 0 Å². The number of carbonyl (C=O) groups excluding carboxylic acids is 3. The maximum atomic E-state index is 12.5. The van der Waals surface area contributed by atoms with Gasteiger partial charge >= 0.3 is 5.97 Å². The van der Waals surface area contributed by atoms with E-state index in [0.29, 0.717) is 27.9 Å². The molecule has 2 amide bonds. The van der Waals surface area contributed by atoms with Crippen LogP contribution in [0.15, 0.2) is 71.5 Å². The van der Waals surface area contributed by atoms with E-state index in [0.717, 1.165) is 0 Å². The van der Waals surface area contributed by atoms with E-state index in [1.54, 1.807) is 66.3 Å². The van der Waals surface area contributed by atoms with Crippen LogP contribution >= 0.6 is 11.6 Å². The second-order valence-corrected chi connectivity index (χ2v) is 7.18. The Bertz CT molecular complexity index is 1290. The largest absolute Gasteiger partial charge is 0.463 e. The van der Waals surface area contributed by atoms with Crippen LogP contribution in [0.25, 0.3) is 17.1 Å². The summed E-state index contributed by atoms with van der Waals surface area (Å²) in [5.41, 5.74) is 1.35. The molecule has 1 aromatic carbocycles. The van der Waals surface area contributed by atoms with Crippen molar-refractivity contribution in [1.29, 1.82) is 0 Å². The summed E-state index contributed by atoms with van der Waals surface area (Å²) in [7, 11) is 1.67. The molecule has 0 saturated heterocycles. The summed E-state index contributed by atoms with van der Waals surface area (Å²) in [5.74, 6) is -1.71. The molecule has 10 heteroatoms. The van der Waals surface area contributed by atoms with Gasteiger partial charge in [-0.1, -0.05) is 17.7 Å². The molecule has 0 atom stereocenters. The standard InChI is InChI=1S/C22H17ClN4O5/c1-26-9-3-7-17(26)21(29)24-20(28)13-32-22(30)16-12-18(19-8-4-10-31-19)27(25-16)15-6-2-5-14(23)11-15/h2-12H,13H2,1H3,(H,24,28,29). The van der Waals surface area contributed by atoms with Gasteiger partial charge in [0.2, 0.25) is 0 Å². The van der Waals surface area contributed by atoms with E-state index >= 15 is 0 Å². The first-order chi connectivity index (χ1) is 15.4. The average Bonchev–Trinajstić information content (AvgIpc) is 3.51. The van der Waals surface area contributed by atoms with Crippen LogP contribution in [0.5, 0.6) is 0 Å². The fourth-order valence-electron chi connectivity index (χ4n) is 3.01. The van der Waals surface area contributed by atoms with Gasteiger partial charge in [0, 0.05) is 24.3 Å². The van der Waals surface area contributed by atoms with Gasteiger partial charge in [0.1, 0.15) is 11.4 Å². The number of esters is 1. The lowest BCUT2D eigenvalue weighted by Crippen LogP contribution is -2.35. The molecule has 4 aromatic rings. The van der Waals surface area contributed by atoms with E-state index in [1.807, 2.05) is 0 Å². The number of amides is 2. The Morgan fingerprint density at radius 1 is 1.12 bits per heavy atom. The minimum atomic E-state index is -0.833. The summed E-state index contributed by atoms with van der Waals surface area (Å²) in [6.45, 7) is -0.644. The highest BCUT2D eigenvalue weighted by Crippen LogP contribution is 2.26. The molecule has 3 heterocycles. The molecule has 0 aliphatic heterocycles. The Labute approximate surface area is 187 Å². The van der Waals surface area contributed by atoms with E-state index in [4.69, 9.17) is 20.8 Å². The number of benzene rings is 1. The number of hydrogen-bond acceptors (Lipinski definition) is 6. The molecule has 162 valence electrons. The van der Waals surface area contributed by atoms with Gasteiger partial charge in [0.25, 0.3) is 11.8 Å². The van der Waals surface area contributed by atoms with Crippen LogP contribution < -0.4 is 5.32 Å². The number of nitrogens with zero attached hydrogens (tertiary/aromatic N) is 3. The van der Waals surface area contributed by atoms with Crippen molar-refractivity contribution >= 4 is 29.4 Å². The SMILES string of the molecule is Cn1cccc1C(=O)NC(=O)COC(=O)c1cc(-c2ccco2)n(-c2cccc(Cl)c2)n1. The molecule has 0 saturated carbocycles. The number of hydrogen-bond donors (Lipinski definition) is 1. The van der Waals surface area contributed by atoms with Gasteiger partial charge in [-0.3, -0.25) is 14.9 Å². The zero-order valence-electron chi connectivity index (χ0n) is 16.8. The van der Waals surface area contributed by atoms with Crippen LogP contribution in [0.1, 0.15) is 21.0 Å². The first kappa shape index (κ1) is 21.1. The monoisotopic (exact) mass is 452 g/mol. The fourth-order valence-corrected chi connectivity index (χ4v) is 3.20. The van der Waals surface area contributed by atoms with Gasteiger partial charge in [-0.05, 0) is 42.5 Å². The number of aromatic nitrogens is 3. The van der Waals surface area contributed by atoms with E-state index in [-0.39, 0.29) is 5.69 Å². The number of imide groups is 1. The van der Waals surface area contributed by atoms with E-state index in [1.165, 1.54) is 17.0 Å². The van der Waals surface area contributed by atoms with Crippen molar-refractivity contribution in [3.8, 4) is 17.1 Å². The van der Waals surface area contributed by atoms with E-state index in [9.17, 15) is 14.4 Å². The normalized spacial score (nSPS) is 10.7. The summed E-state index contributed by atoms with van der Waals surface area (Å²) in [5, 5.41) is 6.95. The van der Waals surface area contributed by atoms with Crippen molar-refractivity contribution in [2.45, 2.75) is 0 Å². The molecule has 4 rings (SSSR count). The summed E-state index contributed by atoms with van der Waals surface area (Å²) < 4.78 is 13.5. The quantitative estimate of drug-likeness (QED) is 0.450. The van der Waals surface area contributed by atoms with Crippen LogP contribution in [-0.2, 0) is 16.6 Å². The van der Waals surface area contributed by atoms with Gasteiger partial charge in [0.05, 0.1) is 12.0 Å². The van der Waals surface area contributed by atoms with Crippen LogP contribution in [0.2, 0.25) is 5.02 Å². The summed E-state index contributed by atoms with van der Waals surface area (Å²) >= 11 is 6.08. The van der Waals surface area contributed by atoms with Gasteiger partial charge in [-0.15, -0.1) is 0 Å². The van der Waals surface area contributed by atoms with Crippen molar-refractivity contribution in [2.75, 3.05) is 6.61 Å². The highest BCUT2D eigenvalue weighted by molar-refractivity contribution is 6.30. The van der Waals surface area contributed by atoms with Crippen molar-refractivity contribution in [3.63, 3.8) is 0 Å². The minimum Gasteiger partial charge on any atom is -0.463 e. The van der Waals surface area contributed by atoms with Crippen LogP contribution in [0, 0.1) is 0 Å². The number of aryl methyl sites for hydroxylation is 1. The predicted molar refractivity (Wildman–Crippen MR) is 114 cm³/mol. The molecule has 32 heavy (non-hydrogen) atoms. The number of halogens is 1. The Morgan fingerprint density at radius 2 is 1.97 bits per heavy atom. The number of carbonyl (C=O) groups is 3. The minimum absolute atomic E-state index is 0.0436. The Hall–Kier alpha value is -4.11. The maximum absolute atomic E-state index is 12.5. The molecule has 0 aliphatic rings. The molecule has 9 nitrogen and oxygen atoms in total. The Balaban J connectivity index is 1.49. The molecule has 1 N–H and O–H groups in total. The molecule has 0 bridgehead atoms. The van der Waals surface area contributed by atoms with Crippen LogP contribution in [0.3, 0.4) is 0 Å². The lowest BCUT2D eigenvalue weighted by molar-refractivity contribution is -0.123. The predicted octanol–water partition coefficient (Wildman–Crippen LogP) is 3.24. The lowest BCUT2D eigenvalue weighted by atomic mass is 10.2. The van der Waals surface area contributed by atoms with Crippen molar-refractivity contribution in [1.82, 2.24) is 19.7 Å². The zero-order chi connectivity index (χ0) is 22.7. The number of nitrogens with one attached hydrogen (secondary N) is 1. The summed E-state index contributed by atoms with van der Waals surface area (Å²) in [6, 6.07) is 15.0. The second kappa shape index (κ2) is 8.94. The molecule has 0 unspecified atom stereocenters. The van der Waals surface area contributed by atoms with Gasteiger partial charge < -0.3 is 13.7 Å². The maximum Gasteiger partial charge on any atom is 0.359 e. The number of ether oxygens (including phenoxy) is 1. The average molecular weight is 453 g/mol. The molecule has 3 aromatic heterocycles. The first-order valence-electron chi connectivity index (χ1n) is 9.45. The van der Waals surface area contributed by atoms with Crippen molar-refractivity contribution < 1.29 is 23.5 Å². The molecule has 0 aliphatic carbocycles. The van der Waals surface area contributed by atoms with Crippen molar-refractivity contribution in [3.05, 3.63) is 83.5 Å². The molecule has 0 spiro atoms. The topological polar surface area (TPSA) is 108 Å². The number of rotatable bonds is 6. The van der Waals surface area contributed by atoms with E-state index < -0.39 is 24.4 Å². The fraction of sp³-hybridized carbons (Fsp3) is 0.0909. The third-order valence-corrected chi connectivity index (χ3v) is 4.74. The second-order valence-electron chi connectivity index (χ2n) is 6.74. The molecule has 0 radical (unpaired) electrons. The molecule has 0 fully saturated rings. The molecular weight excluding hydrogens is 436 g/mol. The molecular formula is C22H17ClN4O5. The third-order valence-electron chi connectivity index (χ3n) is 4.51. The summed E-state index contributed by atoms with van der Waals surface area (Å²) in [6.07, 6.45) is 3.17. The zero-order valence-corrected chi connectivity index (χ0v) is 17.6. The van der Waals surface area contributed by atoms with Gasteiger partial charge in [-0.25, -0.2) is 9.48 Å². The number of furan rings is 1. The Kier molecular flexibility index (Phi) is 5.91. The first-order valence-corrected chi connectivity index (χ1v) is 9.82. The third kappa shape index (κ3) is 4.47. The van der Waals surface area contributed by atoms with E-state index in [2.05, 4.69) is 10.4 Å². The smallest absolute Gasteiger partial charge is 0.359 e.